The van der Waals surface area contributed by atoms with Crippen molar-refractivity contribution in [2.24, 2.45) is 0 Å². The highest BCUT2D eigenvalue weighted by atomic mass is 16.5. The van der Waals surface area contributed by atoms with E-state index in [1.54, 1.807) is 7.11 Å². The maximum absolute atomic E-state index is 14.1. The van der Waals surface area contributed by atoms with E-state index in [0.717, 1.165) is 22.6 Å². The smallest absolute Gasteiger partial charge is 0.325 e. The van der Waals surface area contributed by atoms with Gasteiger partial charge in [0.15, 0.2) is 5.78 Å². The van der Waals surface area contributed by atoms with Crippen LogP contribution in [0.5, 0.6) is 5.75 Å². The molecule has 36 heavy (non-hydrogen) atoms. The van der Waals surface area contributed by atoms with Crippen LogP contribution in [0.4, 0.5) is 10.5 Å². The Hall–Kier alpha value is -4.38. The standard InChI is InChI=1S/C31H28N2O3/c1-36-27-19-17-26(18-20-27)33-30(25-15-9-4-10-16-25)28(21-29(34)24-13-7-3-8-14-24)32(31(33)35)22-23-11-5-2-6-12-23/h2-20,28,30H,21-22H2,1H3/t28-,30-/m1/s1. The number of urea groups is 1. The molecule has 0 bridgehead atoms. The van der Waals surface area contributed by atoms with Gasteiger partial charge >= 0.3 is 6.03 Å². The van der Waals surface area contributed by atoms with E-state index < -0.39 is 0 Å². The van der Waals surface area contributed by atoms with Crippen LogP contribution in [0.25, 0.3) is 0 Å². The number of amides is 2. The van der Waals surface area contributed by atoms with Crippen LogP contribution < -0.4 is 9.64 Å². The Morgan fingerprint density at radius 1 is 0.778 bits per heavy atom. The minimum Gasteiger partial charge on any atom is -0.497 e. The molecule has 0 N–H and O–H groups in total. The van der Waals surface area contributed by atoms with Gasteiger partial charge in [0.1, 0.15) is 5.75 Å². The molecule has 1 aliphatic rings. The number of ether oxygens (including phenoxy) is 1. The molecule has 4 aromatic carbocycles. The van der Waals surface area contributed by atoms with Gasteiger partial charge in [0.2, 0.25) is 0 Å². The molecule has 1 fully saturated rings. The molecule has 5 rings (SSSR count). The molecule has 0 aliphatic carbocycles. The fourth-order valence-electron chi connectivity index (χ4n) is 4.90. The van der Waals surface area contributed by atoms with Gasteiger partial charge in [0, 0.05) is 24.2 Å². The molecule has 1 aliphatic heterocycles. The van der Waals surface area contributed by atoms with Crippen molar-refractivity contribution in [2.45, 2.75) is 25.0 Å². The van der Waals surface area contributed by atoms with E-state index in [1.807, 2.05) is 125 Å². The van der Waals surface area contributed by atoms with Crippen LogP contribution in [0.3, 0.4) is 0 Å². The lowest BCUT2D eigenvalue weighted by Crippen LogP contribution is -2.36. The largest absolute Gasteiger partial charge is 0.497 e. The lowest BCUT2D eigenvalue weighted by Gasteiger charge is -2.28. The van der Waals surface area contributed by atoms with Crippen LogP contribution in [-0.4, -0.2) is 29.9 Å². The van der Waals surface area contributed by atoms with Gasteiger partial charge in [-0.15, -0.1) is 0 Å². The van der Waals surface area contributed by atoms with Crippen molar-refractivity contribution >= 4 is 17.5 Å². The summed E-state index contributed by atoms with van der Waals surface area (Å²) < 4.78 is 5.33. The van der Waals surface area contributed by atoms with Crippen molar-refractivity contribution < 1.29 is 14.3 Å². The molecule has 4 aromatic rings. The monoisotopic (exact) mass is 476 g/mol. The predicted octanol–water partition coefficient (Wildman–Crippen LogP) is 6.52. The third-order valence-electron chi connectivity index (χ3n) is 6.67. The Balaban J connectivity index is 1.59. The molecule has 2 amide bonds. The Kier molecular flexibility index (Phi) is 6.80. The summed E-state index contributed by atoms with van der Waals surface area (Å²) in [5, 5.41) is 0. The first kappa shape index (κ1) is 23.4. The van der Waals surface area contributed by atoms with E-state index in [9.17, 15) is 9.59 Å². The molecule has 180 valence electrons. The second-order valence-electron chi connectivity index (χ2n) is 8.88. The zero-order valence-electron chi connectivity index (χ0n) is 20.2. The highest BCUT2D eigenvalue weighted by molar-refractivity contribution is 6.00. The number of Topliss-reactive ketones (excluding diaryl/α,β-unsaturated/α-hetero) is 1. The van der Waals surface area contributed by atoms with E-state index in [-0.39, 0.29) is 30.3 Å². The molecule has 1 heterocycles. The van der Waals surface area contributed by atoms with Gasteiger partial charge in [-0.3, -0.25) is 9.69 Å². The highest BCUT2D eigenvalue weighted by Crippen LogP contribution is 2.42. The summed E-state index contributed by atoms with van der Waals surface area (Å²) in [4.78, 5) is 31.2. The highest BCUT2D eigenvalue weighted by Gasteiger charge is 2.47. The summed E-state index contributed by atoms with van der Waals surface area (Å²) in [7, 11) is 1.62. The lowest BCUT2D eigenvalue weighted by molar-refractivity contribution is 0.0941. The molecule has 5 nitrogen and oxygen atoms in total. The molecule has 2 atom stereocenters. The quantitative estimate of drug-likeness (QED) is 0.272. The maximum atomic E-state index is 14.1. The number of ketones is 1. The molecule has 1 saturated heterocycles. The van der Waals surface area contributed by atoms with Gasteiger partial charge < -0.3 is 9.64 Å². The van der Waals surface area contributed by atoms with Crippen LogP contribution >= 0.6 is 0 Å². The maximum Gasteiger partial charge on any atom is 0.325 e. The van der Waals surface area contributed by atoms with Gasteiger partial charge in [-0.1, -0.05) is 91.0 Å². The van der Waals surface area contributed by atoms with Crippen molar-refractivity contribution in [1.29, 1.82) is 0 Å². The third-order valence-corrected chi connectivity index (χ3v) is 6.67. The molecular weight excluding hydrogens is 448 g/mol. The number of hydrogen-bond acceptors (Lipinski definition) is 3. The summed E-state index contributed by atoms with van der Waals surface area (Å²) in [6, 6.07) is 35.9. The Morgan fingerprint density at radius 2 is 1.36 bits per heavy atom. The van der Waals surface area contributed by atoms with Gasteiger partial charge in [-0.2, -0.15) is 0 Å². The second kappa shape index (κ2) is 10.5. The summed E-state index contributed by atoms with van der Waals surface area (Å²) in [5.74, 6) is 0.738. The number of anilines is 1. The van der Waals surface area contributed by atoms with Crippen LogP contribution in [0, 0.1) is 0 Å². The lowest BCUT2D eigenvalue weighted by atomic mass is 9.92. The zero-order valence-corrected chi connectivity index (χ0v) is 20.2. The molecule has 5 heteroatoms. The second-order valence-corrected chi connectivity index (χ2v) is 8.88. The molecule has 0 saturated carbocycles. The van der Waals surface area contributed by atoms with Crippen molar-refractivity contribution in [3.8, 4) is 5.75 Å². The van der Waals surface area contributed by atoms with Crippen molar-refractivity contribution in [3.05, 3.63) is 132 Å². The fourth-order valence-corrected chi connectivity index (χ4v) is 4.90. The summed E-state index contributed by atoms with van der Waals surface area (Å²) >= 11 is 0. The van der Waals surface area contributed by atoms with Crippen molar-refractivity contribution in [1.82, 2.24) is 4.90 Å². The van der Waals surface area contributed by atoms with E-state index in [2.05, 4.69) is 0 Å². The number of rotatable bonds is 8. The third kappa shape index (κ3) is 4.73. The molecule has 0 spiro atoms. The summed E-state index contributed by atoms with van der Waals surface area (Å²) in [6.45, 7) is 0.419. The Bertz CT molecular complexity index is 1310. The molecule has 0 radical (unpaired) electrons. The van der Waals surface area contributed by atoms with E-state index in [4.69, 9.17) is 4.74 Å². The number of hydrogen-bond donors (Lipinski definition) is 0. The minimum atomic E-state index is -0.352. The number of carbonyl (C=O) groups is 2. The van der Waals surface area contributed by atoms with Crippen LogP contribution in [0.15, 0.2) is 115 Å². The van der Waals surface area contributed by atoms with E-state index >= 15 is 0 Å². The molecule has 0 unspecified atom stereocenters. The van der Waals surface area contributed by atoms with Crippen LogP contribution in [0.1, 0.15) is 33.9 Å². The van der Waals surface area contributed by atoms with E-state index in [1.165, 1.54) is 0 Å². The number of nitrogens with zero attached hydrogens (tertiary/aromatic N) is 2. The topological polar surface area (TPSA) is 49.9 Å². The number of carbonyl (C=O) groups excluding carboxylic acids is 2. The first-order valence-corrected chi connectivity index (χ1v) is 12.1. The number of methoxy groups -OCH3 is 1. The molecular formula is C31H28N2O3. The average molecular weight is 477 g/mol. The normalized spacial score (nSPS) is 17.3. The summed E-state index contributed by atoms with van der Waals surface area (Å²) in [5.41, 5.74) is 3.43. The van der Waals surface area contributed by atoms with Gasteiger partial charge in [0.05, 0.1) is 19.2 Å². The SMILES string of the molecule is COc1ccc(N2C(=O)N(Cc3ccccc3)[C@H](CC(=O)c3ccccc3)[C@H]2c2ccccc2)cc1. The van der Waals surface area contributed by atoms with Crippen LogP contribution in [-0.2, 0) is 6.54 Å². The van der Waals surface area contributed by atoms with Crippen LogP contribution in [0.2, 0.25) is 0 Å². The fraction of sp³-hybridized carbons (Fsp3) is 0.161. The Labute approximate surface area is 211 Å². The predicted molar refractivity (Wildman–Crippen MR) is 141 cm³/mol. The van der Waals surface area contributed by atoms with Crippen molar-refractivity contribution in [3.63, 3.8) is 0 Å². The average Bonchev–Trinajstić information content (AvgIpc) is 3.20. The first-order valence-electron chi connectivity index (χ1n) is 12.1. The Morgan fingerprint density at radius 3 is 1.97 bits per heavy atom. The first-order chi connectivity index (χ1) is 17.7. The van der Waals surface area contributed by atoms with Gasteiger partial charge in [0.25, 0.3) is 0 Å². The molecule has 0 aromatic heterocycles. The minimum absolute atomic E-state index is 0.0176. The van der Waals surface area contributed by atoms with Gasteiger partial charge in [-0.25, -0.2) is 4.79 Å². The number of benzene rings is 4. The van der Waals surface area contributed by atoms with Gasteiger partial charge in [-0.05, 0) is 35.4 Å². The zero-order chi connectivity index (χ0) is 24.9. The van der Waals surface area contributed by atoms with Crippen molar-refractivity contribution in [2.75, 3.05) is 12.0 Å². The van der Waals surface area contributed by atoms with E-state index in [0.29, 0.717) is 12.1 Å². The summed E-state index contributed by atoms with van der Waals surface area (Å²) in [6.07, 6.45) is 0.217.